The van der Waals surface area contributed by atoms with Gasteiger partial charge in [-0.1, -0.05) is 0 Å². The van der Waals surface area contributed by atoms with Gasteiger partial charge in [0.25, 0.3) is 0 Å². The van der Waals surface area contributed by atoms with Crippen molar-refractivity contribution in [1.82, 2.24) is 4.90 Å². The number of fused-ring (bicyclic) bond motifs is 1. The third-order valence-electron chi connectivity index (χ3n) is 3.64. The number of hydrogen-bond acceptors (Lipinski definition) is 4. The van der Waals surface area contributed by atoms with Crippen LogP contribution in [0.5, 0.6) is 0 Å². The highest BCUT2D eigenvalue weighted by Gasteiger charge is 2.47. The van der Waals surface area contributed by atoms with Crippen LogP contribution in [0.25, 0.3) is 0 Å². The second kappa shape index (κ2) is 5.00. The minimum absolute atomic E-state index is 0.126. The van der Waals surface area contributed by atoms with E-state index in [0.29, 0.717) is 26.2 Å². The van der Waals surface area contributed by atoms with Gasteiger partial charge >= 0.3 is 12.1 Å². The van der Waals surface area contributed by atoms with Gasteiger partial charge in [-0.15, -0.1) is 0 Å². The third kappa shape index (κ3) is 3.00. The molecule has 1 N–H and O–H groups in total. The Morgan fingerprint density at radius 1 is 1.32 bits per heavy atom. The van der Waals surface area contributed by atoms with Gasteiger partial charge in [0.2, 0.25) is 0 Å². The van der Waals surface area contributed by atoms with Gasteiger partial charge < -0.3 is 19.5 Å². The lowest BCUT2D eigenvalue weighted by Crippen LogP contribution is -2.53. The van der Waals surface area contributed by atoms with E-state index in [2.05, 4.69) is 0 Å². The zero-order chi connectivity index (χ0) is 14.2. The van der Waals surface area contributed by atoms with E-state index in [1.807, 2.05) is 20.8 Å². The molecule has 2 saturated heterocycles. The fourth-order valence-electron chi connectivity index (χ4n) is 2.78. The van der Waals surface area contributed by atoms with Crippen LogP contribution in [0.1, 0.15) is 27.2 Å². The highest BCUT2D eigenvalue weighted by molar-refractivity contribution is 5.73. The Balaban J connectivity index is 2.08. The smallest absolute Gasteiger partial charge is 0.410 e. The van der Waals surface area contributed by atoms with Gasteiger partial charge in [0.15, 0.2) is 0 Å². The van der Waals surface area contributed by atoms with E-state index < -0.39 is 17.5 Å². The van der Waals surface area contributed by atoms with E-state index in [1.165, 1.54) is 0 Å². The van der Waals surface area contributed by atoms with Gasteiger partial charge in [0, 0.05) is 12.5 Å². The van der Waals surface area contributed by atoms with Gasteiger partial charge in [-0.3, -0.25) is 4.79 Å². The van der Waals surface area contributed by atoms with Gasteiger partial charge in [-0.25, -0.2) is 4.79 Å². The van der Waals surface area contributed by atoms with Crippen LogP contribution in [-0.4, -0.2) is 53.5 Å². The molecule has 19 heavy (non-hydrogen) atoms. The first-order valence-corrected chi connectivity index (χ1v) is 6.60. The minimum Gasteiger partial charge on any atom is -0.481 e. The van der Waals surface area contributed by atoms with Crippen molar-refractivity contribution in [1.29, 1.82) is 0 Å². The molecule has 0 aromatic carbocycles. The number of carbonyl (C=O) groups is 2. The molecule has 0 bridgehead atoms. The second-order valence-corrected chi connectivity index (χ2v) is 6.18. The second-order valence-electron chi connectivity index (χ2n) is 6.18. The number of ether oxygens (including phenoxy) is 2. The minimum atomic E-state index is -0.802. The molecule has 6 nitrogen and oxygen atoms in total. The molecule has 0 aliphatic carbocycles. The topological polar surface area (TPSA) is 76.1 Å². The molecule has 1 amide bonds. The van der Waals surface area contributed by atoms with Crippen LogP contribution in [-0.2, 0) is 14.3 Å². The van der Waals surface area contributed by atoms with Crippen molar-refractivity contribution >= 4 is 12.1 Å². The number of nitrogens with zero attached hydrogens (tertiary/aromatic N) is 1. The molecular weight excluding hydrogens is 250 g/mol. The molecule has 0 aromatic heterocycles. The quantitative estimate of drug-likeness (QED) is 0.779. The first-order chi connectivity index (χ1) is 8.79. The van der Waals surface area contributed by atoms with Crippen LogP contribution in [0.2, 0.25) is 0 Å². The van der Waals surface area contributed by atoms with Crippen LogP contribution >= 0.6 is 0 Å². The number of amides is 1. The predicted molar refractivity (Wildman–Crippen MR) is 66.8 cm³/mol. The highest BCUT2D eigenvalue weighted by Crippen LogP contribution is 2.34. The molecule has 2 aliphatic heterocycles. The SMILES string of the molecule is CC(C)(C)OC(=O)N1CC[C@H](C(=O)O)[C@H]2COC[C@@H]21. The Morgan fingerprint density at radius 2 is 2.00 bits per heavy atom. The Bertz CT molecular complexity index is 376. The number of carboxylic acids is 1. The van der Waals surface area contributed by atoms with Crippen molar-refractivity contribution in [3.05, 3.63) is 0 Å². The zero-order valence-corrected chi connectivity index (χ0v) is 11.6. The summed E-state index contributed by atoms with van der Waals surface area (Å²) in [5, 5.41) is 9.21. The van der Waals surface area contributed by atoms with Gasteiger partial charge in [0.1, 0.15) is 5.60 Å². The summed E-state index contributed by atoms with van der Waals surface area (Å²) in [6.45, 7) is 6.66. The van der Waals surface area contributed by atoms with Gasteiger partial charge in [0.05, 0.1) is 25.2 Å². The van der Waals surface area contributed by atoms with Crippen molar-refractivity contribution in [2.45, 2.75) is 38.8 Å². The zero-order valence-electron chi connectivity index (χ0n) is 11.6. The Labute approximate surface area is 112 Å². The van der Waals surface area contributed by atoms with Gasteiger partial charge in [-0.05, 0) is 27.2 Å². The monoisotopic (exact) mass is 271 g/mol. The summed E-state index contributed by atoms with van der Waals surface area (Å²) in [4.78, 5) is 25.0. The molecule has 2 fully saturated rings. The normalized spacial score (nSPS) is 30.9. The maximum atomic E-state index is 12.1. The summed E-state index contributed by atoms with van der Waals surface area (Å²) in [6, 6.07) is -0.176. The van der Waals surface area contributed by atoms with Crippen molar-refractivity contribution < 1.29 is 24.2 Å². The number of likely N-dealkylation sites (tertiary alicyclic amines) is 1. The summed E-state index contributed by atoms with van der Waals surface area (Å²) in [5.74, 6) is -1.35. The molecule has 0 spiro atoms. The lowest BCUT2D eigenvalue weighted by atomic mass is 9.82. The van der Waals surface area contributed by atoms with Crippen LogP contribution in [0, 0.1) is 11.8 Å². The van der Waals surface area contributed by atoms with Crippen LogP contribution in [0.4, 0.5) is 4.79 Å². The molecule has 2 rings (SSSR count). The Hall–Kier alpha value is -1.30. The molecule has 6 heteroatoms. The number of rotatable bonds is 1. The number of carboxylic acid groups (broad SMARTS) is 1. The summed E-state index contributed by atoms with van der Waals surface area (Å²) in [6.07, 6.45) is 0.0795. The summed E-state index contributed by atoms with van der Waals surface area (Å²) < 4.78 is 10.7. The standard InChI is InChI=1S/C13H21NO5/c1-13(2,3)19-12(17)14-5-4-8(11(15)16)9-6-18-7-10(9)14/h8-10H,4-7H2,1-3H3,(H,15,16)/t8-,9+,10-/m0/s1. The Morgan fingerprint density at radius 3 is 2.58 bits per heavy atom. The van der Waals surface area contributed by atoms with E-state index in [4.69, 9.17) is 9.47 Å². The first kappa shape index (κ1) is 14.1. The maximum Gasteiger partial charge on any atom is 0.410 e. The first-order valence-electron chi connectivity index (χ1n) is 6.60. The van der Waals surface area contributed by atoms with Crippen molar-refractivity contribution in [3.8, 4) is 0 Å². The third-order valence-corrected chi connectivity index (χ3v) is 3.64. The number of carbonyl (C=O) groups excluding carboxylic acids is 1. The van der Waals surface area contributed by atoms with E-state index in [1.54, 1.807) is 4.90 Å². The number of hydrogen-bond donors (Lipinski definition) is 1. The van der Waals surface area contributed by atoms with E-state index in [9.17, 15) is 14.7 Å². The summed E-state index contributed by atoms with van der Waals surface area (Å²) in [5.41, 5.74) is -0.546. The van der Waals surface area contributed by atoms with E-state index >= 15 is 0 Å². The molecule has 2 aliphatic rings. The van der Waals surface area contributed by atoms with Crippen molar-refractivity contribution in [3.63, 3.8) is 0 Å². The van der Waals surface area contributed by atoms with Crippen LogP contribution in [0.15, 0.2) is 0 Å². The lowest BCUT2D eigenvalue weighted by molar-refractivity contribution is -0.146. The lowest BCUT2D eigenvalue weighted by Gasteiger charge is -2.39. The molecule has 108 valence electrons. The van der Waals surface area contributed by atoms with Crippen molar-refractivity contribution in [2.24, 2.45) is 11.8 Å². The van der Waals surface area contributed by atoms with E-state index in [0.717, 1.165) is 0 Å². The molecule has 0 unspecified atom stereocenters. The highest BCUT2D eigenvalue weighted by atomic mass is 16.6. The van der Waals surface area contributed by atoms with Crippen LogP contribution < -0.4 is 0 Å². The van der Waals surface area contributed by atoms with E-state index in [-0.39, 0.29) is 18.1 Å². The average molecular weight is 271 g/mol. The largest absolute Gasteiger partial charge is 0.481 e. The maximum absolute atomic E-state index is 12.1. The Kier molecular flexibility index (Phi) is 3.71. The summed E-state index contributed by atoms with van der Waals surface area (Å²) >= 11 is 0. The van der Waals surface area contributed by atoms with Gasteiger partial charge in [-0.2, -0.15) is 0 Å². The molecule has 0 aromatic rings. The van der Waals surface area contributed by atoms with Crippen molar-refractivity contribution in [2.75, 3.05) is 19.8 Å². The molecular formula is C13H21NO5. The molecule has 2 heterocycles. The number of aliphatic carboxylic acids is 1. The fraction of sp³-hybridized carbons (Fsp3) is 0.846. The predicted octanol–water partition coefficient (Wildman–Crippen LogP) is 1.34. The number of piperidine rings is 1. The molecule has 3 atom stereocenters. The molecule has 0 saturated carbocycles. The fourth-order valence-corrected chi connectivity index (χ4v) is 2.78. The van der Waals surface area contributed by atoms with Crippen LogP contribution in [0.3, 0.4) is 0 Å². The summed E-state index contributed by atoms with van der Waals surface area (Å²) in [7, 11) is 0. The molecule has 0 radical (unpaired) electrons. The average Bonchev–Trinajstić information content (AvgIpc) is 2.73.